The number of nitrogens with one attached hydrogen (secondary N) is 3. The molecule has 1 rings (SSSR count). The molecule has 1 heterocycles. The van der Waals surface area contributed by atoms with Crippen molar-refractivity contribution in [3.8, 4) is 0 Å². The highest BCUT2D eigenvalue weighted by atomic mass is 16.7. The average Bonchev–Trinajstić information content (AvgIpc) is 3.72. The molecule has 74 heavy (non-hydrogen) atoms. The lowest BCUT2D eigenvalue weighted by Crippen LogP contribution is -2.35. The number of allylic oxidation sites excluding steroid dienone is 1. The van der Waals surface area contributed by atoms with Crippen LogP contribution in [0.2, 0.25) is 0 Å². The number of aliphatic carboxylic acids is 1. The molecule has 0 bridgehead atoms. The Balaban J connectivity index is 0. The summed E-state index contributed by atoms with van der Waals surface area (Å²) < 4.78 is 52.1. The molecule has 0 saturated heterocycles. The van der Waals surface area contributed by atoms with E-state index >= 15 is 0 Å². The van der Waals surface area contributed by atoms with Crippen LogP contribution in [-0.2, 0) is 80.9 Å². The molecular weight excluding hydrogens is 985 g/mol. The first kappa shape index (κ1) is 71.4. The highest BCUT2D eigenvalue weighted by Crippen LogP contribution is 2.11. The van der Waals surface area contributed by atoms with E-state index < -0.39 is 48.7 Å². The normalized spacial score (nSPS) is 14.3. The lowest BCUT2D eigenvalue weighted by molar-refractivity contribution is -0.194. The zero-order valence-corrected chi connectivity index (χ0v) is 44.1. The maximum absolute atomic E-state index is 11.9. The quantitative estimate of drug-likeness (QED) is 0.0129. The number of imide groups is 1. The van der Waals surface area contributed by atoms with E-state index in [0.29, 0.717) is 44.3 Å². The minimum Gasteiger partial charge on any atom is -0.493 e. The van der Waals surface area contributed by atoms with Gasteiger partial charge in [0.15, 0.2) is 18.9 Å². The SMILES string of the molecule is C=C(CCCC(=O)O)OCC(OC)OC(CC)CO.CCC(CO)OC(CO)OC.CCC(CO)OC(COC(=O)CCCC(=O)NCCNC(=O)CCOCCOCCNC(=O)CCN1C(=O)C=CC1=O)OC. The Morgan fingerprint density at radius 2 is 1.00 bits per heavy atom. The smallest absolute Gasteiger partial charge is 0.305 e. The van der Waals surface area contributed by atoms with Gasteiger partial charge in [-0.3, -0.25) is 38.5 Å². The van der Waals surface area contributed by atoms with Crippen LogP contribution in [0.3, 0.4) is 0 Å². The molecule has 0 radical (unpaired) electrons. The summed E-state index contributed by atoms with van der Waals surface area (Å²) in [6.07, 6.45) is 3.06. The van der Waals surface area contributed by atoms with Crippen molar-refractivity contribution < 1.29 is 106 Å². The summed E-state index contributed by atoms with van der Waals surface area (Å²) in [5.74, 6) is -2.47. The minimum atomic E-state index is -0.834. The van der Waals surface area contributed by atoms with Gasteiger partial charge >= 0.3 is 11.9 Å². The second-order valence-corrected chi connectivity index (χ2v) is 15.8. The van der Waals surface area contributed by atoms with Gasteiger partial charge in [-0.15, -0.1) is 0 Å². The third-order valence-corrected chi connectivity index (χ3v) is 10.0. The number of nitrogens with zero attached hydrogens (tertiary/aromatic N) is 1. The number of carboxylic acids is 1. The van der Waals surface area contributed by atoms with Crippen LogP contribution in [0.5, 0.6) is 0 Å². The van der Waals surface area contributed by atoms with Gasteiger partial charge in [-0.25, -0.2) is 0 Å². The Morgan fingerprint density at radius 3 is 1.47 bits per heavy atom. The van der Waals surface area contributed by atoms with Gasteiger partial charge in [0.1, 0.15) is 13.2 Å². The molecule has 6 atom stereocenters. The second kappa shape index (κ2) is 48.0. The molecule has 0 fully saturated rings. The fraction of sp³-hybridized carbons (Fsp3) is 0.771. The van der Waals surface area contributed by atoms with Crippen LogP contribution in [0.25, 0.3) is 0 Å². The predicted molar refractivity (Wildman–Crippen MR) is 263 cm³/mol. The van der Waals surface area contributed by atoms with E-state index in [-0.39, 0.29) is 154 Å². The lowest BCUT2D eigenvalue weighted by Gasteiger charge is -2.22. The number of amides is 5. The molecule has 1 aliphatic heterocycles. The predicted octanol–water partition coefficient (Wildman–Crippen LogP) is -0.183. The number of hydrogen-bond donors (Lipinski definition) is 8. The number of rotatable bonds is 44. The van der Waals surface area contributed by atoms with Gasteiger partial charge in [-0.05, 0) is 32.1 Å². The van der Waals surface area contributed by atoms with Gasteiger partial charge in [0.25, 0.3) is 11.8 Å². The number of carbonyl (C=O) groups excluding carboxylic acids is 6. The summed E-state index contributed by atoms with van der Waals surface area (Å²) in [5, 5.41) is 52.0. The lowest BCUT2D eigenvalue weighted by atomic mass is 10.2. The summed E-state index contributed by atoms with van der Waals surface area (Å²) in [6, 6.07) is 0. The number of esters is 1. The zero-order valence-electron chi connectivity index (χ0n) is 44.1. The van der Waals surface area contributed by atoms with Gasteiger partial charge in [-0.2, -0.15) is 0 Å². The van der Waals surface area contributed by atoms with Crippen molar-refractivity contribution in [2.75, 3.05) is 114 Å². The fourth-order valence-electron chi connectivity index (χ4n) is 5.55. The van der Waals surface area contributed by atoms with Crippen LogP contribution in [-0.4, -0.2) is 223 Å². The average molecular weight is 1070 g/mol. The van der Waals surface area contributed by atoms with E-state index in [1.807, 2.05) is 20.8 Å². The Hall–Kier alpha value is -4.71. The summed E-state index contributed by atoms with van der Waals surface area (Å²) in [4.78, 5) is 81.6. The van der Waals surface area contributed by atoms with E-state index in [0.717, 1.165) is 4.90 Å². The first-order chi connectivity index (χ1) is 35.5. The molecule has 8 N–H and O–H groups in total. The number of hydrogen-bond acceptors (Lipinski definition) is 21. The minimum absolute atomic E-state index is 0.00954. The van der Waals surface area contributed by atoms with Crippen molar-refractivity contribution in [3.05, 3.63) is 24.5 Å². The molecule has 0 aliphatic carbocycles. The van der Waals surface area contributed by atoms with Gasteiger partial charge in [0.2, 0.25) is 17.7 Å². The van der Waals surface area contributed by atoms with Crippen LogP contribution in [0.1, 0.15) is 91.4 Å². The molecule has 6 unspecified atom stereocenters. The van der Waals surface area contributed by atoms with Crippen molar-refractivity contribution >= 4 is 41.5 Å². The molecule has 0 saturated carbocycles. The molecule has 0 aromatic rings. The first-order valence-electron chi connectivity index (χ1n) is 24.7. The summed E-state index contributed by atoms with van der Waals surface area (Å²) in [6.45, 7) is 10.7. The van der Waals surface area contributed by atoms with E-state index in [1.165, 1.54) is 33.5 Å². The molecule has 1 aliphatic rings. The molecular formula is C48H86N4O22. The first-order valence-corrected chi connectivity index (χ1v) is 24.7. The molecule has 5 amide bonds. The second-order valence-electron chi connectivity index (χ2n) is 15.8. The standard InChI is InChI=1S/C28H46N4O12.C13H24O6.C7H16O4/c1-3-21(19-33)44-28(40-2)20-43-27(39)6-4-5-22(34)29-11-12-30-24(36)10-15-41-17-18-42-16-13-31-23(35)9-14-32-25(37)7-8-26(32)38;1-4-11(8-14)19-13(17-3)9-18-10(2)6-5-7-12(15)16;1-3-6(4-8)11-7(5-9)10-2/h7-8,21,28,33H,3-6,9-20H2,1-2H3,(H,29,34)(H,30,36)(H,31,35);11,13-14H,2,4-9H2,1,3H3,(H,15,16);6-9H,3-5H2,1-2H3. The number of ether oxygens (including phenoxy) is 10. The fourth-order valence-corrected chi connectivity index (χ4v) is 5.55. The van der Waals surface area contributed by atoms with Crippen molar-refractivity contribution in [2.24, 2.45) is 0 Å². The van der Waals surface area contributed by atoms with Gasteiger partial charge in [0.05, 0.1) is 76.9 Å². The summed E-state index contributed by atoms with van der Waals surface area (Å²) in [7, 11) is 4.35. The maximum atomic E-state index is 11.9. The van der Waals surface area contributed by atoms with Crippen LogP contribution < -0.4 is 16.0 Å². The molecule has 0 aromatic heterocycles. The Kier molecular flexibility index (Phi) is 46.3. The maximum Gasteiger partial charge on any atom is 0.305 e. The van der Waals surface area contributed by atoms with Gasteiger partial charge in [-0.1, -0.05) is 27.4 Å². The monoisotopic (exact) mass is 1070 g/mol. The van der Waals surface area contributed by atoms with Crippen molar-refractivity contribution in [1.29, 1.82) is 0 Å². The van der Waals surface area contributed by atoms with Crippen LogP contribution in [0, 0.1) is 0 Å². The Morgan fingerprint density at radius 1 is 0.554 bits per heavy atom. The van der Waals surface area contributed by atoms with E-state index in [1.54, 1.807) is 0 Å². The molecule has 0 aromatic carbocycles. The number of carboxylic acid groups (broad SMARTS) is 1. The van der Waals surface area contributed by atoms with Crippen molar-refractivity contribution in [2.45, 2.75) is 129 Å². The molecule has 430 valence electrons. The van der Waals surface area contributed by atoms with E-state index in [4.69, 9.17) is 67.8 Å². The summed E-state index contributed by atoms with van der Waals surface area (Å²) >= 11 is 0. The largest absolute Gasteiger partial charge is 0.493 e. The Bertz CT molecular complexity index is 1530. The van der Waals surface area contributed by atoms with E-state index in [9.17, 15) is 38.7 Å². The van der Waals surface area contributed by atoms with Crippen molar-refractivity contribution in [3.63, 3.8) is 0 Å². The number of methoxy groups -OCH3 is 3. The zero-order chi connectivity index (χ0) is 55.9. The van der Waals surface area contributed by atoms with Crippen molar-refractivity contribution in [1.82, 2.24) is 20.9 Å². The van der Waals surface area contributed by atoms with Gasteiger partial charge < -0.3 is 88.9 Å². The highest BCUT2D eigenvalue weighted by molar-refractivity contribution is 6.13. The Labute approximate surface area is 434 Å². The number of aliphatic hydroxyl groups is 4. The van der Waals surface area contributed by atoms with Gasteiger partial charge in [0, 0.05) is 98.2 Å². The van der Waals surface area contributed by atoms with E-state index in [2.05, 4.69) is 22.5 Å². The highest BCUT2D eigenvalue weighted by Gasteiger charge is 2.24. The van der Waals surface area contributed by atoms with Crippen LogP contribution >= 0.6 is 0 Å². The third kappa shape index (κ3) is 39.7. The topological polar surface area (TPSA) is 352 Å². The number of aliphatic hydroxyl groups excluding tert-OH is 4. The van der Waals surface area contributed by atoms with Crippen LogP contribution in [0.4, 0.5) is 0 Å². The molecule has 26 nitrogen and oxygen atoms in total. The molecule has 0 spiro atoms. The third-order valence-electron chi connectivity index (χ3n) is 10.0. The summed E-state index contributed by atoms with van der Waals surface area (Å²) in [5.41, 5.74) is 0. The number of carbonyl (C=O) groups is 7. The van der Waals surface area contributed by atoms with Crippen LogP contribution in [0.15, 0.2) is 24.5 Å². The molecule has 26 heteroatoms.